The second-order valence-electron chi connectivity index (χ2n) is 6.85. The third-order valence-electron chi connectivity index (χ3n) is 4.79. The fraction of sp³-hybridized carbons (Fsp3) is 0.222. The smallest absolute Gasteiger partial charge is 0.503 e. The molecule has 2 fully saturated rings. The Morgan fingerprint density at radius 1 is 1.00 bits per heavy atom. The number of Topliss-reactive ketones (excluding diaryl/α,β-unsaturated/α-hetero) is 1. The summed E-state index contributed by atoms with van der Waals surface area (Å²) in [5.74, 6) is -0.826. The van der Waals surface area contributed by atoms with Crippen molar-refractivity contribution in [3.63, 3.8) is 0 Å². The molecule has 3 aromatic rings. The zero-order valence-corrected chi connectivity index (χ0v) is 17.3. The molecule has 3 aromatic heterocycles. The molecule has 2 saturated heterocycles. The van der Waals surface area contributed by atoms with E-state index in [9.17, 15) is 9.59 Å². The number of rotatable bonds is 3. The van der Waals surface area contributed by atoms with Crippen LogP contribution in [-0.2, 0) is 18.9 Å². The van der Waals surface area contributed by atoms with E-state index in [-0.39, 0.29) is 18.9 Å². The lowest BCUT2D eigenvalue weighted by Crippen LogP contribution is -2.46. The van der Waals surface area contributed by atoms with Gasteiger partial charge in [-0.1, -0.05) is 6.07 Å². The SMILES string of the molecule is [B]c1ccc(-c2ccc(-c3ccc(B4OC(=O)C5(CN(C)CC5=O)O4)s3)s2)s1. The van der Waals surface area contributed by atoms with Crippen LogP contribution < -0.4 is 9.55 Å². The molecule has 1 unspecified atom stereocenters. The molecule has 0 N–H and O–H groups in total. The van der Waals surface area contributed by atoms with Crippen LogP contribution in [0.5, 0.6) is 0 Å². The predicted octanol–water partition coefficient (Wildman–Crippen LogP) is 1.52. The third-order valence-corrected chi connectivity index (χ3v) is 8.28. The molecule has 1 atom stereocenters. The number of likely N-dealkylation sites (N-methyl/N-ethyl adjacent to an activating group) is 1. The molecule has 5 rings (SSSR count). The van der Waals surface area contributed by atoms with E-state index in [1.807, 2.05) is 24.3 Å². The van der Waals surface area contributed by atoms with Crippen molar-refractivity contribution in [3.05, 3.63) is 36.4 Å². The Labute approximate surface area is 175 Å². The number of hydrogen-bond donors (Lipinski definition) is 0. The van der Waals surface area contributed by atoms with Crippen LogP contribution in [0.15, 0.2) is 36.4 Å². The molecule has 10 heteroatoms. The first-order valence-corrected chi connectivity index (χ1v) is 11.1. The highest BCUT2D eigenvalue weighted by molar-refractivity contribution is 7.30. The lowest BCUT2D eigenvalue weighted by molar-refractivity contribution is -0.148. The van der Waals surface area contributed by atoms with Crippen LogP contribution in [0.3, 0.4) is 0 Å². The molecule has 0 aliphatic carbocycles. The normalized spacial score (nSPS) is 22.5. The Kier molecular flexibility index (Phi) is 4.37. The van der Waals surface area contributed by atoms with Crippen LogP contribution in [0.1, 0.15) is 0 Å². The summed E-state index contributed by atoms with van der Waals surface area (Å²) >= 11 is 4.75. The van der Waals surface area contributed by atoms with Gasteiger partial charge in [-0.3, -0.25) is 14.5 Å². The molecule has 0 amide bonds. The molecule has 2 aliphatic rings. The molecule has 0 bridgehead atoms. The van der Waals surface area contributed by atoms with Gasteiger partial charge in [-0.05, 0) is 42.2 Å². The van der Waals surface area contributed by atoms with Crippen LogP contribution in [0.25, 0.3) is 19.5 Å². The largest absolute Gasteiger partial charge is 0.576 e. The van der Waals surface area contributed by atoms with Gasteiger partial charge in [0.15, 0.2) is 5.78 Å². The summed E-state index contributed by atoms with van der Waals surface area (Å²) in [6.45, 7) is 0.431. The molecule has 2 radical (unpaired) electrons. The van der Waals surface area contributed by atoms with Crippen molar-refractivity contribution in [3.8, 4) is 19.5 Å². The highest BCUT2D eigenvalue weighted by Gasteiger charge is 2.61. The van der Waals surface area contributed by atoms with Gasteiger partial charge in [-0.15, -0.1) is 22.7 Å². The Morgan fingerprint density at radius 2 is 1.64 bits per heavy atom. The van der Waals surface area contributed by atoms with Gasteiger partial charge in [0.05, 0.1) is 11.3 Å². The highest BCUT2D eigenvalue weighted by Crippen LogP contribution is 2.38. The maximum atomic E-state index is 12.4. The van der Waals surface area contributed by atoms with Gasteiger partial charge >= 0.3 is 13.1 Å². The van der Waals surface area contributed by atoms with Crippen molar-refractivity contribution in [1.29, 1.82) is 0 Å². The van der Waals surface area contributed by atoms with Gasteiger partial charge < -0.3 is 9.31 Å². The van der Waals surface area contributed by atoms with Crippen molar-refractivity contribution < 1.29 is 18.9 Å². The first kappa shape index (κ1) is 18.3. The van der Waals surface area contributed by atoms with Gasteiger partial charge in [0.2, 0.25) is 5.60 Å². The van der Waals surface area contributed by atoms with Gasteiger partial charge in [-0.25, -0.2) is 0 Å². The van der Waals surface area contributed by atoms with E-state index >= 15 is 0 Å². The zero-order chi connectivity index (χ0) is 19.5. The number of carbonyl (C=O) groups is 2. The van der Waals surface area contributed by atoms with Crippen molar-refractivity contribution in [2.75, 3.05) is 20.1 Å². The van der Waals surface area contributed by atoms with Gasteiger partial charge in [0.25, 0.3) is 0 Å². The monoisotopic (exact) mass is 425 g/mol. The van der Waals surface area contributed by atoms with E-state index in [4.69, 9.17) is 17.2 Å². The second-order valence-corrected chi connectivity index (χ2v) is 10.2. The summed E-state index contributed by atoms with van der Waals surface area (Å²) in [5.41, 5.74) is -1.47. The van der Waals surface area contributed by atoms with Gasteiger partial charge in [-0.2, -0.15) is 11.3 Å². The summed E-state index contributed by atoms with van der Waals surface area (Å²) in [7, 11) is 6.78. The van der Waals surface area contributed by atoms with Crippen LogP contribution >= 0.6 is 34.0 Å². The van der Waals surface area contributed by atoms with Crippen LogP contribution in [0.4, 0.5) is 0 Å². The van der Waals surface area contributed by atoms with E-state index in [0.29, 0.717) is 0 Å². The Balaban J connectivity index is 1.38. The third kappa shape index (κ3) is 2.91. The molecular weight excluding hydrogens is 412 g/mol. The maximum absolute atomic E-state index is 12.4. The van der Waals surface area contributed by atoms with Crippen molar-refractivity contribution >= 4 is 70.3 Å². The van der Waals surface area contributed by atoms with E-state index in [0.717, 1.165) is 29.1 Å². The Morgan fingerprint density at radius 3 is 2.29 bits per heavy atom. The lowest BCUT2D eigenvalue weighted by atomic mass is 9.88. The van der Waals surface area contributed by atoms with Gasteiger partial charge in [0.1, 0.15) is 7.85 Å². The first-order valence-electron chi connectivity index (χ1n) is 8.61. The number of ketones is 1. The standard InChI is InChI=1S/C18H13B2NO4S3/c1-21-8-14(22)18(9-21)17(23)24-20(25-18)16-7-5-13(28-16)11-3-2-10(26-11)12-4-6-15(19)27-12/h2-7H,8-9H2,1H3. The minimum Gasteiger partial charge on any atom is -0.503 e. The molecule has 2 aliphatic heterocycles. The van der Waals surface area contributed by atoms with Crippen molar-refractivity contribution in [1.82, 2.24) is 4.90 Å². The topological polar surface area (TPSA) is 55.8 Å². The van der Waals surface area contributed by atoms with E-state index in [2.05, 4.69) is 12.1 Å². The van der Waals surface area contributed by atoms with Gasteiger partial charge in [0, 0.05) is 26.1 Å². The molecular formula is C18H13B2NO4S3. The predicted molar refractivity (Wildman–Crippen MR) is 114 cm³/mol. The summed E-state index contributed by atoms with van der Waals surface area (Å²) in [4.78, 5) is 30.9. The summed E-state index contributed by atoms with van der Waals surface area (Å²) in [6, 6.07) is 12.0. The van der Waals surface area contributed by atoms with E-state index < -0.39 is 18.7 Å². The highest BCUT2D eigenvalue weighted by atomic mass is 32.1. The number of likely N-dealkylation sites (tertiary alicyclic amines) is 1. The Hall–Kier alpha value is -1.71. The molecule has 1 spiro atoms. The molecule has 0 saturated carbocycles. The van der Waals surface area contributed by atoms with Crippen molar-refractivity contribution in [2.45, 2.75) is 5.60 Å². The second kappa shape index (κ2) is 6.67. The van der Waals surface area contributed by atoms with Crippen LogP contribution in [0, 0.1) is 0 Å². The number of thiophene rings is 3. The molecule has 138 valence electrons. The molecule has 5 nitrogen and oxygen atoms in total. The zero-order valence-electron chi connectivity index (χ0n) is 14.8. The summed E-state index contributed by atoms with van der Waals surface area (Å²) in [6.07, 6.45) is 0. The fourth-order valence-corrected chi connectivity index (χ4v) is 6.37. The number of hydrogen-bond acceptors (Lipinski definition) is 8. The number of carbonyl (C=O) groups excluding carboxylic acids is 2. The minimum atomic E-state index is -1.47. The fourth-order valence-electron chi connectivity index (χ4n) is 3.44. The van der Waals surface area contributed by atoms with Crippen molar-refractivity contribution in [2.24, 2.45) is 0 Å². The molecule has 28 heavy (non-hydrogen) atoms. The summed E-state index contributed by atoms with van der Waals surface area (Å²) < 4.78 is 12.9. The molecule has 5 heterocycles. The summed E-state index contributed by atoms with van der Waals surface area (Å²) in [5, 5.41) is 0. The Bertz CT molecular complexity index is 1090. The van der Waals surface area contributed by atoms with E-state index in [1.165, 1.54) is 11.3 Å². The maximum Gasteiger partial charge on any atom is 0.576 e. The van der Waals surface area contributed by atoms with Crippen LogP contribution in [-0.4, -0.2) is 57.4 Å². The average Bonchev–Trinajstić information content (AvgIpc) is 3.42. The minimum absolute atomic E-state index is 0.197. The molecule has 0 aromatic carbocycles. The number of nitrogens with zero attached hydrogens (tertiary/aromatic N) is 1. The van der Waals surface area contributed by atoms with Crippen LogP contribution in [0.2, 0.25) is 0 Å². The average molecular weight is 425 g/mol. The van der Waals surface area contributed by atoms with E-state index in [1.54, 1.807) is 34.6 Å². The quantitative estimate of drug-likeness (QED) is 0.471. The first-order chi connectivity index (χ1) is 13.4. The lowest BCUT2D eigenvalue weighted by Gasteiger charge is -2.16.